The van der Waals surface area contributed by atoms with E-state index in [-0.39, 0.29) is 44.1 Å². The van der Waals surface area contributed by atoms with Gasteiger partial charge in [-0.2, -0.15) is 0 Å². The number of primary amides is 1. The molecule has 35 heavy (non-hydrogen) atoms. The van der Waals surface area contributed by atoms with Crippen LogP contribution in [0.25, 0.3) is 0 Å². The summed E-state index contributed by atoms with van der Waals surface area (Å²) in [4.78, 5) is 63.9. The second-order valence-electron chi connectivity index (χ2n) is 8.39. The van der Waals surface area contributed by atoms with E-state index in [0.717, 1.165) is 0 Å². The minimum atomic E-state index is -1.44. The van der Waals surface area contributed by atoms with Gasteiger partial charge in [0.15, 0.2) is 5.96 Å². The Bertz CT molecular complexity index is 771. The van der Waals surface area contributed by atoms with Gasteiger partial charge in [0.1, 0.15) is 18.1 Å². The van der Waals surface area contributed by atoms with E-state index in [4.69, 9.17) is 22.9 Å². The number of aliphatic carboxylic acids is 1. The van der Waals surface area contributed by atoms with E-state index in [2.05, 4.69) is 20.9 Å². The number of aliphatic hydroxyl groups excluding tert-OH is 1. The molecule has 200 valence electrons. The summed E-state index contributed by atoms with van der Waals surface area (Å²) in [6.45, 7) is 3.08. The molecule has 15 heteroatoms. The van der Waals surface area contributed by atoms with E-state index in [9.17, 15) is 34.2 Å². The minimum absolute atomic E-state index is 0.00449. The highest BCUT2D eigenvalue weighted by Crippen LogP contribution is 2.05. The number of aliphatic hydroxyl groups is 1. The first-order valence-electron chi connectivity index (χ1n) is 11.1. The predicted molar refractivity (Wildman–Crippen MR) is 126 cm³/mol. The van der Waals surface area contributed by atoms with Crippen molar-refractivity contribution in [2.24, 2.45) is 33.8 Å². The molecule has 0 aromatic carbocycles. The first-order chi connectivity index (χ1) is 16.3. The number of carboxylic acid groups (broad SMARTS) is 1. The number of guanidine groups is 1. The molecule has 13 N–H and O–H groups in total. The van der Waals surface area contributed by atoms with Crippen molar-refractivity contribution in [1.82, 2.24) is 16.0 Å². The number of nitrogens with one attached hydrogen (secondary N) is 3. The molecule has 0 spiro atoms. The third-order valence-electron chi connectivity index (χ3n) is 4.75. The van der Waals surface area contributed by atoms with Gasteiger partial charge in [0.2, 0.25) is 23.6 Å². The quantitative estimate of drug-likeness (QED) is 0.0531. The van der Waals surface area contributed by atoms with Gasteiger partial charge in [0.05, 0.1) is 12.6 Å². The molecule has 0 aromatic heterocycles. The van der Waals surface area contributed by atoms with Crippen molar-refractivity contribution < 1.29 is 34.2 Å². The van der Waals surface area contributed by atoms with Gasteiger partial charge >= 0.3 is 5.97 Å². The van der Waals surface area contributed by atoms with Gasteiger partial charge in [-0.3, -0.25) is 24.2 Å². The largest absolute Gasteiger partial charge is 0.480 e. The third-order valence-corrected chi connectivity index (χ3v) is 4.75. The van der Waals surface area contributed by atoms with Crippen LogP contribution in [0.15, 0.2) is 4.99 Å². The minimum Gasteiger partial charge on any atom is -0.480 e. The number of carbonyl (C=O) groups excluding carboxylic acids is 4. The van der Waals surface area contributed by atoms with Crippen LogP contribution in [-0.2, 0) is 24.0 Å². The Kier molecular flexibility index (Phi) is 14.6. The van der Waals surface area contributed by atoms with Gasteiger partial charge in [0.25, 0.3) is 0 Å². The first kappa shape index (κ1) is 31.5. The Morgan fingerprint density at radius 2 is 1.40 bits per heavy atom. The lowest BCUT2D eigenvalue weighted by Crippen LogP contribution is -2.58. The molecule has 0 aliphatic rings. The van der Waals surface area contributed by atoms with E-state index in [0.29, 0.717) is 6.42 Å². The number of rotatable bonds is 17. The average Bonchev–Trinajstić information content (AvgIpc) is 2.75. The summed E-state index contributed by atoms with van der Waals surface area (Å²) in [5, 5.41) is 25.9. The number of amides is 4. The van der Waals surface area contributed by atoms with Gasteiger partial charge in [0, 0.05) is 13.0 Å². The summed E-state index contributed by atoms with van der Waals surface area (Å²) in [7, 11) is 0. The normalized spacial score (nSPS) is 14.2. The average molecular weight is 503 g/mol. The molecule has 4 atom stereocenters. The number of nitrogens with zero attached hydrogens (tertiary/aromatic N) is 1. The predicted octanol–water partition coefficient (Wildman–Crippen LogP) is -3.79. The topological polar surface area (TPSA) is 278 Å². The number of hydrogen-bond donors (Lipinski definition) is 9. The molecule has 4 amide bonds. The van der Waals surface area contributed by atoms with Crippen molar-refractivity contribution in [3.05, 3.63) is 0 Å². The highest BCUT2D eigenvalue weighted by Gasteiger charge is 2.30. The summed E-state index contributed by atoms with van der Waals surface area (Å²) in [5.74, 6) is -4.60. The Morgan fingerprint density at radius 1 is 0.857 bits per heavy atom. The third kappa shape index (κ3) is 13.7. The first-order valence-corrected chi connectivity index (χ1v) is 11.1. The van der Waals surface area contributed by atoms with E-state index in [1.165, 1.54) is 0 Å². The van der Waals surface area contributed by atoms with Crippen molar-refractivity contribution in [3.8, 4) is 0 Å². The van der Waals surface area contributed by atoms with E-state index < -0.39 is 60.4 Å². The van der Waals surface area contributed by atoms with Crippen molar-refractivity contribution in [2.45, 2.75) is 70.1 Å². The summed E-state index contributed by atoms with van der Waals surface area (Å²) in [6.07, 6.45) is 0.0334. The van der Waals surface area contributed by atoms with Gasteiger partial charge < -0.3 is 49.1 Å². The van der Waals surface area contributed by atoms with Gasteiger partial charge in [-0.1, -0.05) is 13.8 Å². The number of carbonyl (C=O) groups is 5. The number of carboxylic acids is 1. The number of aliphatic imine (C=N–C) groups is 1. The Labute approximate surface area is 203 Å². The Balaban J connectivity index is 5.42. The molecule has 0 heterocycles. The molecule has 0 aromatic rings. The smallest absolute Gasteiger partial charge is 0.326 e. The zero-order valence-electron chi connectivity index (χ0n) is 20.0. The van der Waals surface area contributed by atoms with E-state index in [1.54, 1.807) is 0 Å². The fraction of sp³-hybridized carbons (Fsp3) is 0.700. The lowest BCUT2D eigenvalue weighted by molar-refractivity contribution is -0.142. The molecular formula is C20H38N8O7. The maximum Gasteiger partial charge on any atom is 0.326 e. The van der Waals surface area contributed by atoms with Crippen LogP contribution >= 0.6 is 0 Å². The second-order valence-corrected chi connectivity index (χ2v) is 8.39. The summed E-state index contributed by atoms with van der Waals surface area (Å²) >= 11 is 0. The van der Waals surface area contributed by atoms with Gasteiger partial charge in [-0.05, 0) is 31.6 Å². The zero-order valence-corrected chi connectivity index (χ0v) is 20.0. The lowest BCUT2D eigenvalue weighted by Gasteiger charge is -2.24. The van der Waals surface area contributed by atoms with Crippen LogP contribution in [0.2, 0.25) is 0 Å². The molecular weight excluding hydrogens is 464 g/mol. The van der Waals surface area contributed by atoms with E-state index in [1.807, 2.05) is 13.8 Å². The zero-order chi connectivity index (χ0) is 27.1. The van der Waals surface area contributed by atoms with Crippen LogP contribution in [0.5, 0.6) is 0 Å². The fourth-order valence-electron chi connectivity index (χ4n) is 2.95. The van der Waals surface area contributed by atoms with Crippen LogP contribution in [0.1, 0.15) is 46.0 Å². The van der Waals surface area contributed by atoms with Crippen molar-refractivity contribution in [3.63, 3.8) is 0 Å². The summed E-state index contributed by atoms with van der Waals surface area (Å²) in [6, 6.07) is -5.01. The highest BCUT2D eigenvalue weighted by molar-refractivity contribution is 5.94. The highest BCUT2D eigenvalue weighted by atomic mass is 16.4. The summed E-state index contributed by atoms with van der Waals surface area (Å²) < 4.78 is 0. The maximum absolute atomic E-state index is 12.8. The van der Waals surface area contributed by atoms with Crippen LogP contribution in [0, 0.1) is 5.92 Å². The van der Waals surface area contributed by atoms with Crippen molar-refractivity contribution in [1.29, 1.82) is 0 Å². The van der Waals surface area contributed by atoms with Crippen LogP contribution in [0.4, 0.5) is 0 Å². The number of nitrogens with two attached hydrogens (primary N) is 4. The molecule has 0 saturated carbocycles. The Hall–Kier alpha value is -3.46. The molecule has 0 aliphatic heterocycles. The monoisotopic (exact) mass is 502 g/mol. The van der Waals surface area contributed by atoms with Crippen LogP contribution in [0.3, 0.4) is 0 Å². The molecule has 4 unspecified atom stereocenters. The molecule has 0 bridgehead atoms. The van der Waals surface area contributed by atoms with Crippen molar-refractivity contribution in [2.75, 3.05) is 13.2 Å². The molecule has 0 radical (unpaired) electrons. The summed E-state index contributed by atoms with van der Waals surface area (Å²) in [5.41, 5.74) is 21.4. The molecule has 15 nitrogen and oxygen atoms in total. The molecule has 0 fully saturated rings. The Morgan fingerprint density at radius 3 is 1.89 bits per heavy atom. The van der Waals surface area contributed by atoms with Crippen molar-refractivity contribution >= 4 is 35.6 Å². The van der Waals surface area contributed by atoms with Gasteiger partial charge in [-0.15, -0.1) is 0 Å². The number of hydrogen-bond acceptors (Lipinski definition) is 8. The molecule has 0 rings (SSSR count). The molecule has 0 saturated heterocycles. The fourth-order valence-corrected chi connectivity index (χ4v) is 2.95. The van der Waals surface area contributed by atoms with Gasteiger partial charge in [-0.25, -0.2) is 4.79 Å². The maximum atomic E-state index is 12.8. The molecule has 0 aliphatic carbocycles. The standard InChI is InChI=1S/C20H38N8O7/c1-10(2)8-11(21)16(31)28-14(9-29)18(33)26-12(4-3-7-25-20(23)24)17(32)27-13(19(34)35)5-6-15(22)30/h10-14,29H,3-9,21H2,1-2H3,(H2,22,30)(H,26,33)(H,27,32)(H,28,31)(H,34,35)(H4,23,24,25). The van der Waals surface area contributed by atoms with E-state index >= 15 is 0 Å². The lowest BCUT2D eigenvalue weighted by atomic mass is 10.0. The SMILES string of the molecule is CC(C)CC(N)C(=O)NC(CO)C(=O)NC(CCCN=C(N)N)C(=O)NC(CCC(N)=O)C(=O)O. The second kappa shape index (κ2) is 16.2. The van der Waals surface area contributed by atoms with Crippen LogP contribution < -0.4 is 38.9 Å². The van der Waals surface area contributed by atoms with Crippen LogP contribution in [-0.4, -0.2) is 83.1 Å².